The van der Waals surface area contributed by atoms with Crippen molar-refractivity contribution in [2.75, 3.05) is 44.2 Å². The predicted octanol–water partition coefficient (Wildman–Crippen LogP) is 2.59. The summed E-state index contributed by atoms with van der Waals surface area (Å²) >= 11 is 0. The second kappa shape index (κ2) is 8.95. The Kier molecular flexibility index (Phi) is 6.40. The third-order valence-corrected chi connectivity index (χ3v) is 5.04. The van der Waals surface area contributed by atoms with Crippen LogP contribution in [0.1, 0.15) is 35.7 Å². The lowest BCUT2D eigenvalue weighted by atomic mass is 10.2. The molecule has 0 spiro atoms. The van der Waals surface area contributed by atoms with Crippen LogP contribution < -0.4 is 4.90 Å². The second-order valence-corrected chi connectivity index (χ2v) is 6.88. The maximum atomic E-state index is 12.7. The molecule has 1 amide bonds. The number of aromatic nitrogens is 2. The van der Waals surface area contributed by atoms with Crippen molar-refractivity contribution < 1.29 is 4.79 Å². The van der Waals surface area contributed by atoms with Crippen LogP contribution in [0.15, 0.2) is 36.4 Å². The van der Waals surface area contributed by atoms with Gasteiger partial charge in [0.25, 0.3) is 5.91 Å². The minimum Gasteiger partial charge on any atom is -0.354 e. The highest BCUT2D eigenvalue weighted by molar-refractivity contribution is 5.93. The first kappa shape index (κ1) is 19.3. The number of hydrogen-bond acceptors (Lipinski definition) is 5. The maximum absolute atomic E-state index is 12.7. The molecule has 0 atom stereocenters. The Morgan fingerprint density at radius 1 is 1.04 bits per heavy atom. The van der Waals surface area contributed by atoms with Gasteiger partial charge in [-0.05, 0) is 26.3 Å². The minimum absolute atomic E-state index is 0.0190. The van der Waals surface area contributed by atoms with Crippen LogP contribution >= 0.6 is 0 Å². The van der Waals surface area contributed by atoms with Crippen LogP contribution in [0.3, 0.4) is 0 Å². The topological polar surface area (TPSA) is 52.6 Å². The quantitative estimate of drug-likeness (QED) is 0.785. The summed E-state index contributed by atoms with van der Waals surface area (Å²) in [6, 6.07) is 12.4. The van der Waals surface area contributed by atoms with E-state index in [2.05, 4.69) is 50.1 Å². The van der Waals surface area contributed by atoms with Crippen LogP contribution in [0.2, 0.25) is 0 Å². The fraction of sp³-hybridized carbons (Fsp3) is 0.476. The Bertz CT molecular complexity index is 752. The molecule has 2 aromatic rings. The molecule has 1 aliphatic heterocycles. The third kappa shape index (κ3) is 4.83. The molecular weight excluding hydrogens is 338 g/mol. The molecule has 1 aromatic carbocycles. The summed E-state index contributed by atoms with van der Waals surface area (Å²) in [5.41, 5.74) is 1.84. The van der Waals surface area contributed by atoms with E-state index in [1.54, 1.807) is 4.90 Å². The molecule has 27 heavy (non-hydrogen) atoms. The lowest BCUT2D eigenvalue weighted by molar-refractivity contribution is 0.0766. The predicted molar refractivity (Wildman–Crippen MR) is 108 cm³/mol. The van der Waals surface area contributed by atoms with Gasteiger partial charge in [0.1, 0.15) is 17.3 Å². The molecule has 0 unspecified atom stereocenters. The summed E-state index contributed by atoms with van der Waals surface area (Å²) in [6.45, 7) is 12.0. The van der Waals surface area contributed by atoms with E-state index in [0.29, 0.717) is 24.6 Å². The first-order valence-corrected chi connectivity index (χ1v) is 9.77. The Morgan fingerprint density at radius 2 is 1.70 bits per heavy atom. The zero-order chi connectivity index (χ0) is 19.2. The number of carbonyl (C=O) groups is 1. The summed E-state index contributed by atoms with van der Waals surface area (Å²) < 4.78 is 0. The van der Waals surface area contributed by atoms with Crippen LogP contribution in [-0.4, -0.2) is 64.9 Å². The molecule has 0 saturated carbocycles. The van der Waals surface area contributed by atoms with Gasteiger partial charge in [-0.1, -0.05) is 30.3 Å². The number of aryl methyl sites for hydroxylation is 1. The number of hydrogen-bond donors (Lipinski definition) is 0. The maximum Gasteiger partial charge on any atom is 0.272 e. The van der Waals surface area contributed by atoms with Crippen molar-refractivity contribution in [3.8, 4) is 0 Å². The standard InChI is InChI=1S/C21H29N5O/c1-4-25(5-2)21(27)19-15-20(23-17(3)22-19)26-13-11-24(12-14-26)16-18-9-7-6-8-10-18/h6-10,15H,4-5,11-14,16H2,1-3H3. The van der Waals surface area contributed by atoms with Gasteiger partial charge in [-0.25, -0.2) is 9.97 Å². The lowest BCUT2D eigenvalue weighted by Gasteiger charge is -2.35. The van der Waals surface area contributed by atoms with Crippen LogP contribution in [0, 0.1) is 6.92 Å². The van der Waals surface area contributed by atoms with Crippen molar-refractivity contribution >= 4 is 11.7 Å². The molecule has 0 bridgehead atoms. The second-order valence-electron chi connectivity index (χ2n) is 6.88. The Morgan fingerprint density at radius 3 is 2.33 bits per heavy atom. The molecule has 1 fully saturated rings. The summed E-state index contributed by atoms with van der Waals surface area (Å²) in [5, 5.41) is 0. The van der Waals surface area contributed by atoms with E-state index in [1.165, 1.54) is 5.56 Å². The number of rotatable bonds is 6. The number of nitrogens with zero attached hydrogens (tertiary/aromatic N) is 5. The fourth-order valence-electron chi connectivity index (χ4n) is 3.47. The van der Waals surface area contributed by atoms with Crippen LogP contribution in [0.25, 0.3) is 0 Å². The Hall–Kier alpha value is -2.47. The zero-order valence-corrected chi connectivity index (χ0v) is 16.6. The molecule has 1 aromatic heterocycles. The van der Waals surface area contributed by atoms with Crippen LogP contribution in [0.4, 0.5) is 5.82 Å². The summed E-state index contributed by atoms with van der Waals surface area (Å²) in [5.74, 6) is 1.49. The van der Waals surface area contributed by atoms with Gasteiger partial charge in [0, 0.05) is 51.9 Å². The number of benzene rings is 1. The molecule has 6 heteroatoms. The molecule has 144 valence electrons. The molecular formula is C21H29N5O. The molecule has 0 N–H and O–H groups in total. The minimum atomic E-state index is -0.0190. The van der Waals surface area contributed by atoms with Crippen molar-refractivity contribution in [2.24, 2.45) is 0 Å². The van der Waals surface area contributed by atoms with E-state index >= 15 is 0 Å². The van der Waals surface area contributed by atoms with Crippen molar-refractivity contribution in [2.45, 2.75) is 27.3 Å². The molecule has 0 radical (unpaired) electrons. The number of piperazine rings is 1. The SMILES string of the molecule is CCN(CC)C(=O)c1cc(N2CCN(Cc3ccccc3)CC2)nc(C)n1. The monoisotopic (exact) mass is 367 g/mol. The van der Waals surface area contributed by atoms with Crippen molar-refractivity contribution in [3.05, 3.63) is 53.5 Å². The van der Waals surface area contributed by atoms with E-state index in [1.807, 2.05) is 26.8 Å². The number of carbonyl (C=O) groups excluding carboxylic acids is 1. The highest BCUT2D eigenvalue weighted by atomic mass is 16.2. The molecule has 2 heterocycles. The van der Waals surface area contributed by atoms with Gasteiger partial charge in [0.2, 0.25) is 0 Å². The van der Waals surface area contributed by atoms with E-state index < -0.39 is 0 Å². The lowest BCUT2D eigenvalue weighted by Crippen LogP contribution is -2.46. The summed E-state index contributed by atoms with van der Waals surface area (Å²) in [7, 11) is 0. The van der Waals surface area contributed by atoms with Gasteiger partial charge >= 0.3 is 0 Å². The molecule has 1 aliphatic rings. The largest absolute Gasteiger partial charge is 0.354 e. The Balaban J connectivity index is 1.66. The highest BCUT2D eigenvalue weighted by Crippen LogP contribution is 2.17. The van der Waals surface area contributed by atoms with Crippen LogP contribution in [0.5, 0.6) is 0 Å². The van der Waals surface area contributed by atoms with Gasteiger partial charge in [-0.3, -0.25) is 9.69 Å². The normalized spacial score (nSPS) is 15.0. The zero-order valence-electron chi connectivity index (χ0n) is 16.6. The third-order valence-electron chi connectivity index (χ3n) is 5.04. The van der Waals surface area contributed by atoms with E-state index in [0.717, 1.165) is 38.5 Å². The van der Waals surface area contributed by atoms with Gasteiger partial charge in [-0.15, -0.1) is 0 Å². The van der Waals surface area contributed by atoms with Gasteiger partial charge in [-0.2, -0.15) is 0 Å². The average molecular weight is 367 g/mol. The van der Waals surface area contributed by atoms with Crippen molar-refractivity contribution in [1.29, 1.82) is 0 Å². The van der Waals surface area contributed by atoms with Gasteiger partial charge < -0.3 is 9.80 Å². The molecule has 1 saturated heterocycles. The Labute approximate surface area is 161 Å². The van der Waals surface area contributed by atoms with Gasteiger partial charge in [0.15, 0.2) is 0 Å². The summed E-state index contributed by atoms with van der Waals surface area (Å²) in [4.78, 5) is 28.1. The molecule has 6 nitrogen and oxygen atoms in total. The average Bonchev–Trinajstić information content (AvgIpc) is 2.70. The number of anilines is 1. The van der Waals surface area contributed by atoms with Crippen LogP contribution in [-0.2, 0) is 6.54 Å². The van der Waals surface area contributed by atoms with E-state index in [-0.39, 0.29) is 5.91 Å². The fourth-order valence-corrected chi connectivity index (χ4v) is 3.47. The molecule has 0 aliphatic carbocycles. The summed E-state index contributed by atoms with van der Waals surface area (Å²) in [6.07, 6.45) is 0. The van der Waals surface area contributed by atoms with E-state index in [4.69, 9.17) is 0 Å². The first-order chi connectivity index (χ1) is 13.1. The number of amides is 1. The van der Waals surface area contributed by atoms with Crippen molar-refractivity contribution in [1.82, 2.24) is 19.8 Å². The van der Waals surface area contributed by atoms with E-state index in [9.17, 15) is 4.79 Å². The van der Waals surface area contributed by atoms with Gasteiger partial charge in [0.05, 0.1) is 0 Å². The molecule has 3 rings (SSSR count). The van der Waals surface area contributed by atoms with Crippen molar-refractivity contribution in [3.63, 3.8) is 0 Å². The first-order valence-electron chi connectivity index (χ1n) is 9.77. The highest BCUT2D eigenvalue weighted by Gasteiger charge is 2.21. The smallest absolute Gasteiger partial charge is 0.272 e.